The molecule has 1 fully saturated rings. The van der Waals surface area contributed by atoms with E-state index in [0.29, 0.717) is 25.1 Å². The Balaban J connectivity index is 0.00000180. The van der Waals surface area contributed by atoms with Crippen LogP contribution in [0.1, 0.15) is 19.8 Å². The first-order valence-corrected chi connectivity index (χ1v) is 6.46. The number of amides is 1. The lowest BCUT2D eigenvalue weighted by molar-refractivity contribution is -0.670. The summed E-state index contributed by atoms with van der Waals surface area (Å²) >= 11 is 0. The summed E-state index contributed by atoms with van der Waals surface area (Å²) in [5.74, 6) is 0.662. The number of halogens is 1. The molecule has 1 aliphatic carbocycles. The Morgan fingerprint density at radius 3 is 2.74 bits per heavy atom. The number of carbonyl (C=O) groups is 1. The van der Waals surface area contributed by atoms with E-state index >= 15 is 0 Å². The minimum atomic E-state index is 0. The van der Waals surface area contributed by atoms with Crippen molar-refractivity contribution in [1.29, 1.82) is 0 Å². The third kappa shape index (κ3) is 4.17. The molecule has 1 unspecified atom stereocenters. The molecule has 0 N–H and O–H groups in total. The fraction of sp³-hybridized carbons (Fsp3) is 0.692. The van der Waals surface area contributed by atoms with Gasteiger partial charge in [0.25, 0.3) is 6.33 Å². The fourth-order valence-corrected chi connectivity index (χ4v) is 2.21. The lowest BCUT2D eigenvalue weighted by Gasteiger charge is -2.26. The molecule has 0 spiro atoms. The second-order valence-electron chi connectivity index (χ2n) is 5.03. The monoisotopic (exact) mass is 379 g/mol. The topological polar surface area (TPSA) is 38.4 Å². The minimum absolute atomic E-state index is 0. The van der Waals surface area contributed by atoms with Crippen LogP contribution in [0.2, 0.25) is 0 Å². The molecular weight excluding hydrogens is 357 g/mol. The van der Waals surface area contributed by atoms with E-state index in [4.69, 9.17) is 4.74 Å². The van der Waals surface area contributed by atoms with Gasteiger partial charge in [-0.05, 0) is 25.7 Å². The third-order valence-corrected chi connectivity index (χ3v) is 3.57. The molecular formula is C13H22IN3O2. The van der Waals surface area contributed by atoms with E-state index in [9.17, 15) is 4.79 Å². The summed E-state index contributed by atoms with van der Waals surface area (Å²) in [6.45, 7) is 3.36. The van der Waals surface area contributed by atoms with Gasteiger partial charge in [0.05, 0.1) is 13.7 Å². The van der Waals surface area contributed by atoms with Gasteiger partial charge in [-0.25, -0.2) is 9.36 Å². The molecule has 108 valence electrons. The molecule has 19 heavy (non-hydrogen) atoms. The van der Waals surface area contributed by atoms with E-state index < -0.39 is 0 Å². The van der Waals surface area contributed by atoms with Crippen molar-refractivity contribution < 1.29 is 38.1 Å². The highest BCUT2D eigenvalue weighted by Crippen LogP contribution is 2.35. The lowest BCUT2D eigenvalue weighted by Crippen LogP contribution is -3.00. The van der Waals surface area contributed by atoms with Crippen molar-refractivity contribution in [2.45, 2.75) is 25.8 Å². The maximum atomic E-state index is 12.5. The molecule has 1 aliphatic rings. The maximum absolute atomic E-state index is 12.5. The van der Waals surface area contributed by atoms with Crippen LogP contribution in [0.15, 0.2) is 18.7 Å². The molecule has 1 atom stereocenters. The molecule has 0 aliphatic heterocycles. The number of imidazole rings is 1. The van der Waals surface area contributed by atoms with Crippen LogP contribution in [0.3, 0.4) is 0 Å². The maximum Gasteiger partial charge on any atom is 0.416 e. The number of methoxy groups -OCH3 is 1. The normalized spacial score (nSPS) is 15.7. The Bertz CT molecular complexity index is 418. The highest BCUT2D eigenvalue weighted by atomic mass is 127. The Hall–Kier alpha value is -0.630. The van der Waals surface area contributed by atoms with Gasteiger partial charge in [0.1, 0.15) is 12.4 Å². The molecule has 0 saturated heterocycles. The Kier molecular flexibility index (Phi) is 6.25. The number of hydrogen-bond donors (Lipinski definition) is 0. The number of aryl methyl sites for hydroxylation is 1. The van der Waals surface area contributed by atoms with E-state index in [1.807, 2.05) is 22.7 Å². The summed E-state index contributed by atoms with van der Waals surface area (Å²) in [7, 11) is 3.58. The average Bonchev–Trinajstić information content (AvgIpc) is 3.11. The number of ether oxygens (including phenoxy) is 1. The second kappa shape index (κ2) is 7.23. The zero-order valence-corrected chi connectivity index (χ0v) is 13.9. The first-order valence-electron chi connectivity index (χ1n) is 6.46. The van der Waals surface area contributed by atoms with Gasteiger partial charge in [0, 0.05) is 19.7 Å². The number of aromatic nitrogens is 2. The molecule has 0 radical (unpaired) electrons. The van der Waals surface area contributed by atoms with E-state index in [0.717, 1.165) is 0 Å². The SMILES string of the molecule is COCCN(C(=O)n1cc[n+](C)c1)C(C)C1CC1.[I-]. The van der Waals surface area contributed by atoms with Crippen molar-refractivity contribution in [2.75, 3.05) is 20.3 Å². The molecule has 1 amide bonds. The van der Waals surface area contributed by atoms with Crippen LogP contribution in [-0.2, 0) is 11.8 Å². The Morgan fingerprint density at radius 2 is 2.26 bits per heavy atom. The van der Waals surface area contributed by atoms with Gasteiger partial charge in [0.2, 0.25) is 0 Å². The van der Waals surface area contributed by atoms with Crippen LogP contribution in [0.4, 0.5) is 4.79 Å². The van der Waals surface area contributed by atoms with E-state index in [-0.39, 0.29) is 30.0 Å². The molecule has 0 aromatic carbocycles. The van der Waals surface area contributed by atoms with Crippen LogP contribution in [-0.4, -0.2) is 41.8 Å². The van der Waals surface area contributed by atoms with Crippen molar-refractivity contribution >= 4 is 6.03 Å². The standard InChI is InChI=1S/C13H22N3O2.HI/c1-11(12-4-5-12)16(8-9-18-3)13(17)15-7-6-14(2)10-15;/h6-7,10-12H,4-5,8-9H2,1-3H3;1H/q+1;/p-1. The van der Waals surface area contributed by atoms with Crippen molar-refractivity contribution in [3.63, 3.8) is 0 Å². The molecule has 6 heteroatoms. The fourth-order valence-electron chi connectivity index (χ4n) is 2.21. The van der Waals surface area contributed by atoms with Gasteiger partial charge in [0.15, 0.2) is 0 Å². The van der Waals surface area contributed by atoms with Crippen molar-refractivity contribution in [2.24, 2.45) is 13.0 Å². The predicted octanol–water partition coefficient (Wildman–Crippen LogP) is -1.97. The highest BCUT2D eigenvalue weighted by Gasteiger charge is 2.36. The summed E-state index contributed by atoms with van der Waals surface area (Å²) < 4.78 is 8.61. The summed E-state index contributed by atoms with van der Waals surface area (Å²) in [5, 5.41) is 0. The van der Waals surface area contributed by atoms with Gasteiger partial charge in [-0.15, -0.1) is 0 Å². The largest absolute Gasteiger partial charge is 1.00 e. The molecule has 1 heterocycles. The smallest absolute Gasteiger partial charge is 0.416 e. The van der Waals surface area contributed by atoms with Crippen LogP contribution < -0.4 is 28.5 Å². The van der Waals surface area contributed by atoms with Gasteiger partial charge < -0.3 is 28.7 Å². The molecule has 0 bridgehead atoms. The first-order chi connectivity index (χ1) is 8.63. The highest BCUT2D eigenvalue weighted by molar-refractivity contribution is 5.76. The van der Waals surface area contributed by atoms with Crippen LogP contribution in [0.25, 0.3) is 0 Å². The van der Waals surface area contributed by atoms with E-state index in [1.165, 1.54) is 12.8 Å². The first kappa shape index (κ1) is 16.4. The summed E-state index contributed by atoms with van der Waals surface area (Å²) in [5.41, 5.74) is 0. The molecule has 5 nitrogen and oxygen atoms in total. The van der Waals surface area contributed by atoms with Gasteiger partial charge in [-0.2, -0.15) is 4.57 Å². The van der Waals surface area contributed by atoms with Gasteiger partial charge >= 0.3 is 6.03 Å². The summed E-state index contributed by atoms with van der Waals surface area (Å²) in [6.07, 6.45) is 7.92. The van der Waals surface area contributed by atoms with Crippen molar-refractivity contribution in [3.8, 4) is 0 Å². The summed E-state index contributed by atoms with van der Waals surface area (Å²) in [4.78, 5) is 14.4. The number of hydrogen-bond acceptors (Lipinski definition) is 2. The third-order valence-electron chi connectivity index (χ3n) is 3.57. The molecule has 1 aromatic rings. The van der Waals surface area contributed by atoms with E-state index in [2.05, 4.69) is 6.92 Å². The molecule has 1 aromatic heterocycles. The Labute approximate surface area is 131 Å². The zero-order chi connectivity index (χ0) is 13.1. The summed E-state index contributed by atoms with van der Waals surface area (Å²) in [6, 6.07) is 0.326. The average molecular weight is 379 g/mol. The second-order valence-corrected chi connectivity index (χ2v) is 5.03. The number of carbonyl (C=O) groups excluding carboxylic acids is 1. The van der Waals surface area contributed by atoms with Crippen LogP contribution >= 0.6 is 0 Å². The predicted molar refractivity (Wildman–Crippen MR) is 67.2 cm³/mol. The van der Waals surface area contributed by atoms with Gasteiger partial charge in [-0.3, -0.25) is 4.90 Å². The van der Waals surface area contributed by atoms with E-state index in [1.54, 1.807) is 24.2 Å². The number of nitrogens with zero attached hydrogens (tertiary/aromatic N) is 3. The number of rotatable bonds is 5. The van der Waals surface area contributed by atoms with Crippen molar-refractivity contribution in [3.05, 3.63) is 18.7 Å². The van der Waals surface area contributed by atoms with Crippen LogP contribution in [0, 0.1) is 5.92 Å². The van der Waals surface area contributed by atoms with Gasteiger partial charge in [-0.1, -0.05) is 0 Å². The van der Waals surface area contributed by atoms with Crippen LogP contribution in [0.5, 0.6) is 0 Å². The Morgan fingerprint density at radius 1 is 1.58 bits per heavy atom. The minimum Gasteiger partial charge on any atom is -1.00 e. The molecule has 1 saturated carbocycles. The quantitative estimate of drug-likeness (QED) is 0.440. The lowest BCUT2D eigenvalue weighted by atomic mass is 10.2. The zero-order valence-electron chi connectivity index (χ0n) is 11.8. The molecule has 2 rings (SSSR count). The van der Waals surface area contributed by atoms with Crippen molar-refractivity contribution in [1.82, 2.24) is 9.47 Å².